The first-order chi connectivity index (χ1) is 19.3. The van der Waals surface area contributed by atoms with Crippen LogP contribution in [0.1, 0.15) is 21.5 Å². The molecule has 3 heterocycles. The molecule has 2 fully saturated rings. The van der Waals surface area contributed by atoms with Crippen molar-refractivity contribution in [1.82, 2.24) is 14.8 Å². The number of anilines is 2. The molecule has 0 saturated carbocycles. The molecule has 0 unspecified atom stereocenters. The van der Waals surface area contributed by atoms with Gasteiger partial charge in [0.1, 0.15) is 5.52 Å². The van der Waals surface area contributed by atoms with E-state index in [9.17, 15) is 13.2 Å². The highest BCUT2D eigenvalue weighted by molar-refractivity contribution is 7.91. The Morgan fingerprint density at radius 1 is 0.975 bits per heavy atom. The number of oxazole rings is 1. The quantitative estimate of drug-likeness (QED) is 0.373. The lowest BCUT2D eigenvalue weighted by Crippen LogP contribution is -2.43. The summed E-state index contributed by atoms with van der Waals surface area (Å²) in [6.45, 7) is 6.96. The molecule has 9 nitrogen and oxygen atoms in total. The number of nitrogens with one attached hydrogen (secondary N) is 1. The second kappa shape index (κ2) is 11.0. The highest BCUT2D eigenvalue weighted by Crippen LogP contribution is 2.32. The van der Waals surface area contributed by atoms with Gasteiger partial charge >= 0.3 is 0 Å². The molecule has 0 spiro atoms. The van der Waals surface area contributed by atoms with Crippen molar-refractivity contribution in [2.75, 3.05) is 56.2 Å². The van der Waals surface area contributed by atoms with E-state index in [0.29, 0.717) is 17.2 Å². The van der Waals surface area contributed by atoms with Gasteiger partial charge in [-0.1, -0.05) is 30.3 Å². The van der Waals surface area contributed by atoms with Crippen molar-refractivity contribution in [3.05, 3.63) is 77.4 Å². The maximum Gasteiger partial charge on any atom is 0.300 e. The minimum absolute atomic E-state index is 0.0127. The van der Waals surface area contributed by atoms with E-state index in [1.54, 1.807) is 17.0 Å². The number of hydrogen-bond donors (Lipinski definition) is 1. The van der Waals surface area contributed by atoms with Crippen LogP contribution in [0, 0.1) is 6.92 Å². The van der Waals surface area contributed by atoms with E-state index in [1.807, 2.05) is 36.4 Å². The first kappa shape index (κ1) is 26.5. The van der Waals surface area contributed by atoms with Crippen LogP contribution in [0.2, 0.25) is 0 Å². The molecule has 3 aromatic carbocycles. The van der Waals surface area contributed by atoms with E-state index in [2.05, 4.69) is 34.3 Å². The largest absolute Gasteiger partial charge is 0.423 e. The molecule has 2 saturated heterocycles. The molecule has 1 amide bonds. The molecule has 10 heteroatoms. The topological polar surface area (TPSA) is 105 Å². The molecular weight excluding hydrogens is 528 g/mol. The van der Waals surface area contributed by atoms with Gasteiger partial charge in [0.05, 0.1) is 24.7 Å². The van der Waals surface area contributed by atoms with Crippen LogP contribution >= 0.6 is 0 Å². The van der Waals surface area contributed by atoms with Gasteiger partial charge in [-0.05, 0) is 53.9 Å². The number of para-hydroxylation sites is 1. The zero-order valence-electron chi connectivity index (χ0n) is 22.4. The second-order valence-corrected chi connectivity index (χ2v) is 12.7. The Kier molecular flexibility index (Phi) is 7.31. The SMILES string of the molecule is Cc1cc(Nc2nc3cccc(-c4ccc(C(=O)N5CCS(=O)(=O)CC5)cc4)c3o2)ccc1CN1CCOCC1. The molecule has 4 aromatic rings. The third kappa shape index (κ3) is 5.74. The lowest BCUT2D eigenvalue weighted by atomic mass is 10.0. The Morgan fingerprint density at radius 3 is 2.45 bits per heavy atom. The first-order valence-electron chi connectivity index (χ1n) is 13.5. The number of carbonyl (C=O) groups is 1. The van der Waals surface area contributed by atoms with Crippen molar-refractivity contribution < 1.29 is 22.4 Å². The van der Waals surface area contributed by atoms with Crippen molar-refractivity contribution in [1.29, 1.82) is 0 Å². The third-order valence-electron chi connectivity index (χ3n) is 7.58. The lowest BCUT2D eigenvalue weighted by Gasteiger charge is -2.27. The molecule has 40 heavy (non-hydrogen) atoms. The molecule has 6 rings (SSSR count). The Morgan fingerprint density at radius 2 is 1.73 bits per heavy atom. The zero-order valence-corrected chi connectivity index (χ0v) is 23.2. The molecule has 0 bridgehead atoms. The van der Waals surface area contributed by atoms with Gasteiger partial charge in [0.25, 0.3) is 11.9 Å². The Labute approximate surface area is 233 Å². The number of ether oxygens (including phenoxy) is 1. The normalized spacial score (nSPS) is 17.7. The van der Waals surface area contributed by atoms with E-state index in [0.717, 1.165) is 55.2 Å². The molecule has 1 aromatic heterocycles. The highest BCUT2D eigenvalue weighted by atomic mass is 32.2. The fourth-order valence-corrected chi connectivity index (χ4v) is 6.40. The van der Waals surface area contributed by atoms with Crippen molar-refractivity contribution >= 4 is 38.5 Å². The summed E-state index contributed by atoms with van der Waals surface area (Å²) in [6, 6.07) is 19.8. The maximum absolute atomic E-state index is 12.9. The molecule has 0 aliphatic carbocycles. The van der Waals surface area contributed by atoms with Crippen LogP contribution in [0.5, 0.6) is 0 Å². The summed E-state index contributed by atoms with van der Waals surface area (Å²) in [6.07, 6.45) is 0. The van der Waals surface area contributed by atoms with Crippen LogP contribution in [0.3, 0.4) is 0 Å². The number of carbonyl (C=O) groups excluding carboxylic acids is 1. The van der Waals surface area contributed by atoms with Gasteiger partial charge in [-0.15, -0.1) is 0 Å². The number of fused-ring (bicyclic) bond motifs is 1. The molecule has 2 aliphatic heterocycles. The molecular formula is C30H32N4O5S. The minimum Gasteiger partial charge on any atom is -0.423 e. The van der Waals surface area contributed by atoms with E-state index in [4.69, 9.17) is 9.15 Å². The van der Waals surface area contributed by atoms with Gasteiger partial charge in [0.15, 0.2) is 15.4 Å². The predicted octanol–water partition coefficient (Wildman–Crippen LogP) is 4.25. The number of benzene rings is 3. The molecule has 1 N–H and O–H groups in total. The van der Waals surface area contributed by atoms with Gasteiger partial charge in [-0.25, -0.2) is 8.42 Å². The monoisotopic (exact) mass is 560 g/mol. The summed E-state index contributed by atoms with van der Waals surface area (Å²) >= 11 is 0. The highest BCUT2D eigenvalue weighted by Gasteiger charge is 2.25. The maximum atomic E-state index is 12.9. The first-order valence-corrected chi connectivity index (χ1v) is 15.3. The van der Waals surface area contributed by atoms with Gasteiger partial charge in [0, 0.05) is 49.5 Å². The Hall–Kier alpha value is -3.73. The fraction of sp³-hybridized carbons (Fsp3) is 0.333. The minimum atomic E-state index is -3.04. The van der Waals surface area contributed by atoms with Crippen LogP contribution in [0.25, 0.3) is 22.2 Å². The van der Waals surface area contributed by atoms with Crippen LogP contribution in [0.15, 0.2) is 65.1 Å². The van der Waals surface area contributed by atoms with E-state index >= 15 is 0 Å². The molecule has 2 aliphatic rings. The van der Waals surface area contributed by atoms with Gasteiger partial charge < -0.3 is 19.4 Å². The molecule has 0 radical (unpaired) electrons. The fourth-order valence-electron chi connectivity index (χ4n) is 5.19. The predicted molar refractivity (Wildman–Crippen MR) is 155 cm³/mol. The number of sulfone groups is 1. The summed E-state index contributed by atoms with van der Waals surface area (Å²) in [7, 11) is -3.04. The van der Waals surface area contributed by atoms with Crippen LogP contribution in [-0.2, 0) is 21.1 Å². The average molecular weight is 561 g/mol. The van der Waals surface area contributed by atoms with Crippen molar-refractivity contribution in [3.63, 3.8) is 0 Å². The number of morpholine rings is 1. The standard InChI is InChI=1S/C30H32N4O5S/c1-21-19-25(10-9-24(21)20-33-11-15-38-16-12-33)31-30-32-27-4-2-3-26(28(27)39-30)22-5-7-23(8-6-22)29(35)34-13-17-40(36,37)18-14-34/h2-10,19H,11-18,20H2,1H3,(H,31,32). The molecule has 0 atom stereocenters. The number of rotatable bonds is 6. The number of aryl methyl sites for hydroxylation is 1. The third-order valence-corrected chi connectivity index (χ3v) is 9.19. The van der Waals surface area contributed by atoms with Gasteiger partial charge in [-0.3, -0.25) is 9.69 Å². The van der Waals surface area contributed by atoms with Gasteiger partial charge in [0.2, 0.25) is 0 Å². The van der Waals surface area contributed by atoms with E-state index in [-0.39, 0.29) is 30.5 Å². The Bertz CT molecular complexity index is 1630. The number of amides is 1. The van der Waals surface area contributed by atoms with Crippen molar-refractivity contribution in [3.8, 4) is 11.1 Å². The van der Waals surface area contributed by atoms with E-state index < -0.39 is 9.84 Å². The summed E-state index contributed by atoms with van der Waals surface area (Å²) in [4.78, 5) is 21.5. The van der Waals surface area contributed by atoms with Crippen LogP contribution in [0.4, 0.5) is 11.7 Å². The number of hydrogen-bond acceptors (Lipinski definition) is 8. The van der Waals surface area contributed by atoms with E-state index in [1.165, 1.54) is 11.1 Å². The second-order valence-electron chi connectivity index (χ2n) is 10.3. The summed E-state index contributed by atoms with van der Waals surface area (Å²) in [5.41, 5.74) is 7.09. The van der Waals surface area contributed by atoms with Crippen molar-refractivity contribution in [2.24, 2.45) is 0 Å². The van der Waals surface area contributed by atoms with Gasteiger partial charge in [-0.2, -0.15) is 4.98 Å². The average Bonchev–Trinajstić information content (AvgIpc) is 3.37. The summed E-state index contributed by atoms with van der Waals surface area (Å²) in [5, 5.41) is 3.31. The van der Waals surface area contributed by atoms with Crippen LogP contribution < -0.4 is 5.32 Å². The zero-order chi connectivity index (χ0) is 27.7. The number of nitrogens with zero attached hydrogens (tertiary/aromatic N) is 3. The van der Waals surface area contributed by atoms with Crippen LogP contribution in [-0.4, -0.2) is 80.0 Å². The van der Waals surface area contributed by atoms with Crippen molar-refractivity contribution in [2.45, 2.75) is 13.5 Å². The summed E-state index contributed by atoms with van der Waals surface area (Å²) < 4.78 is 35.0. The summed E-state index contributed by atoms with van der Waals surface area (Å²) in [5.74, 6) is -0.130. The number of aromatic nitrogens is 1. The lowest BCUT2D eigenvalue weighted by molar-refractivity contribution is 0.0341. The Balaban J connectivity index is 1.17. The smallest absolute Gasteiger partial charge is 0.300 e. The molecule has 208 valence electrons.